The molecule has 0 saturated heterocycles. The molecule has 0 spiro atoms. The fraction of sp³-hybridized carbons (Fsp3) is 0.357. The van der Waals surface area contributed by atoms with E-state index in [0.29, 0.717) is 41.2 Å². The fourth-order valence-corrected chi connectivity index (χ4v) is 5.02. The minimum Gasteiger partial charge on any atom is -0.497 e. The summed E-state index contributed by atoms with van der Waals surface area (Å²) in [6.07, 6.45) is 0.967. The molecule has 0 saturated carbocycles. The summed E-state index contributed by atoms with van der Waals surface area (Å²) in [5.74, 6) is 0.857. The summed E-state index contributed by atoms with van der Waals surface area (Å²) in [6, 6.07) is 13.3. The van der Waals surface area contributed by atoms with Gasteiger partial charge in [0.2, 0.25) is 0 Å². The average molecular weight is 478 g/mol. The molecule has 4 rings (SSSR count). The molecule has 0 bridgehead atoms. The van der Waals surface area contributed by atoms with Gasteiger partial charge in [-0.15, -0.1) is 0 Å². The van der Waals surface area contributed by atoms with Crippen molar-refractivity contribution in [3.05, 3.63) is 76.1 Å². The molecule has 2 aliphatic rings. The number of dihydropyridines is 1. The molecule has 7 nitrogen and oxygen atoms in total. The number of carbonyl (C=O) groups excluding carboxylic acids is 2. The van der Waals surface area contributed by atoms with Crippen molar-refractivity contribution in [3.8, 4) is 17.2 Å². The van der Waals surface area contributed by atoms with Crippen LogP contribution in [0, 0.1) is 0 Å². The van der Waals surface area contributed by atoms with Crippen molar-refractivity contribution in [2.24, 2.45) is 0 Å². The third kappa shape index (κ3) is 4.63. The standard InChI is InChI=1S/C28H31NO6/c1-6-35-28(31)25-16(2)29-22-13-18(17-8-7-9-19(12-17)32-3)14-23(30)27(22)26(25)21-11-10-20(33-4)15-24(21)34-5/h7-12,15,18,26,29H,6,13-14H2,1-5H3. The van der Waals surface area contributed by atoms with Crippen molar-refractivity contribution in [1.29, 1.82) is 0 Å². The number of ketones is 1. The molecule has 0 amide bonds. The second-order valence-corrected chi connectivity index (χ2v) is 8.62. The van der Waals surface area contributed by atoms with Gasteiger partial charge >= 0.3 is 5.97 Å². The highest BCUT2D eigenvalue weighted by Crippen LogP contribution is 2.48. The number of methoxy groups -OCH3 is 3. The van der Waals surface area contributed by atoms with E-state index >= 15 is 0 Å². The van der Waals surface area contributed by atoms with E-state index in [0.717, 1.165) is 22.6 Å². The zero-order valence-electron chi connectivity index (χ0n) is 20.8. The Kier molecular flexibility index (Phi) is 7.15. The zero-order valence-corrected chi connectivity index (χ0v) is 20.8. The predicted molar refractivity (Wildman–Crippen MR) is 132 cm³/mol. The van der Waals surface area contributed by atoms with Gasteiger partial charge in [-0.05, 0) is 49.9 Å². The Balaban J connectivity index is 1.84. The number of rotatable bonds is 7. The number of esters is 1. The molecule has 0 aromatic heterocycles. The molecule has 2 unspecified atom stereocenters. The van der Waals surface area contributed by atoms with Crippen LogP contribution in [-0.2, 0) is 14.3 Å². The lowest BCUT2D eigenvalue weighted by Gasteiger charge is -2.37. The monoisotopic (exact) mass is 477 g/mol. The Labute approximate surface area is 205 Å². The molecule has 0 radical (unpaired) electrons. The fourth-order valence-electron chi connectivity index (χ4n) is 5.02. The van der Waals surface area contributed by atoms with E-state index in [2.05, 4.69) is 5.32 Å². The van der Waals surface area contributed by atoms with Gasteiger partial charge in [-0.2, -0.15) is 0 Å². The first-order valence-electron chi connectivity index (χ1n) is 11.7. The van der Waals surface area contributed by atoms with Crippen LogP contribution in [0.5, 0.6) is 17.2 Å². The lowest BCUT2D eigenvalue weighted by Crippen LogP contribution is -2.36. The Morgan fingerprint density at radius 2 is 1.74 bits per heavy atom. The van der Waals surface area contributed by atoms with Gasteiger partial charge in [0.1, 0.15) is 17.2 Å². The molecule has 1 aliphatic heterocycles. The van der Waals surface area contributed by atoms with Gasteiger partial charge in [0, 0.05) is 35.0 Å². The van der Waals surface area contributed by atoms with Gasteiger partial charge in [0.25, 0.3) is 0 Å². The van der Waals surface area contributed by atoms with Gasteiger partial charge in [0.15, 0.2) is 5.78 Å². The van der Waals surface area contributed by atoms with Crippen molar-refractivity contribution in [2.45, 2.75) is 38.5 Å². The molecule has 2 atom stereocenters. The first-order chi connectivity index (χ1) is 16.9. The third-order valence-corrected chi connectivity index (χ3v) is 6.64. The minimum absolute atomic E-state index is 0.000735. The first-order valence-corrected chi connectivity index (χ1v) is 11.7. The normalized spacial score (nSPS) is 19.6. The lowest BCUT2D eigenvalue weighted by atomic mass is 9.71. The summed E-state index contributed by atoms with van der Waals surface area (Å²) in [7, 11) is 4.78. The van der Waals surface area contributed by atoms with Crippen molar-refractivity contribution in [3.63, 3.8) is 0 Å². The van der Waals surface area contributed by atoms with Crippen LogP contribution < -0.4 is 19.5 Å². The molecule has 2 aromatic carbocycles. The Hall–Kier alpha value is -3.74. The van der Waals surface area contributed by atoms with Gasteiger partial charge in [-0.1, -0.05) is 18.2 Å². The van der Waals surface area contributed by atoms with E-state index in [9.17, 15) is 9.59 Å². The number of Topliss-reactive ketones (excluding diaryl/α,β-unsaturated/α-hetero) is 1. The maximum Gasteiger partial charge on any atom is 0.336 e. The number of nitrogens with one attached hydrogen (secondary N) is 1. The SMILES string of the molecule is CCOC(=O)C1=C(C)NC2=C(C(=O)CC(c3cccc(OC)c3)C2)C1c1ccc(OC)cc1OC. The topological polar surface area (TPSA) is 83.1 Å². The molecular weight excluding hydrogens is 446 g/mol. The van der Waals surface area contributed by atoms with Crippen LogP contribution in [0.2, 0.25) is 0 Å². The summed E-state index contributed by atoms with van der Waals surface area (Å²) in [5, 5.41) is 3.37. The second kappa shape index (κ2) is 10.3. The minimum atomic E-state index is -0.607. The number of benzene rings is 2. The molecule has 0 fully saturated rings. The van der Waals surface area contributed by atoms with Crippen LogP contribution in [0.3, 0.4) is 0 Å². The van der Waals surface area contributed by atoms with E-state index in [1.54, 1.807) is 34.3 Å². The first kappa shape index (κ1) is 24.4. The highest BCUT2D eigenvalue weighted by atomic mass is 16.5. The largest absolute Gasteiger partial charge is 0.497 e. The quantitative estimate of drug-likeness (QED) is 0.582. The van der Waals surface area contributed by atoms with Crippen LogP contribution in [0.15, 0.2) is 65.0 Å². The number of ether oxygens (including phenoxy) is 4. The van der Waals surface area contributed by atoms with E-state index in [-0.39, 0.29) is 18.3 Å². The molecule has 2 aromatic rings. The highest BCUT2D eigenvalue weighted by molar-refractivity contribution is 6.04. The Morgan fingerprint density at radius 3 is 2.43 bits per heavy atom. The molecule has 1 aliphatic carbocycles. The average Bonchev–Trinajstić information content (AvgIpc) is 2.87. The van der Waals surface area contributed by atoms with Gasteiger partial charge in [0.05, 0.1) is 39.4 Å². The van der Waals surface area contributed by atoms with Crippen molar-refractivity contribution >= 4 is 11.8 Å². The van der Waals surface area contributed by atoms with Gasteiger partial charge in [-0.3, -0.25) is 4.79 Å². The van der Waals surface area contributed by atoms with E-state index < -0.39 is 11.9 Å². The summed E-state index contributed by atoms with van der Waals surface area (Å²) in [4.78, 5) is 26.9. The number of carbonyl (C=O) groups is 2. The highest BCUT2D eigenvalue weighted by Gasteiger charge is 2.42. The van der Waals surface area contributed by atoms with Gasteiger partial charge < -0.3 is 24.3 Å². The molecule has 1 N–H and O–H groups in total. The summed E-state index contributed by atoms with van der Waals surface area (Å²) < 4.78 is 21.8. The molecule has 7 heteroatoms. The lowest BCUT2D eigenvalue weighted by molar-refractivity contribution is -0.138. The van der Waals surface area contributed by atoms with E-state index in [4.69, 9.17) is 18.9 Å². The zero-order chi connectivity index (χ0) is 25.1. The van der Waals surface area contributed by atoms with Gasteiger partial charge in [-0.25, -0.2) is 4.79 Å². The maximum absolute atomic E-state index is 13.7. The van der Waals surface area contributed by atoms with Crippen LogP contribution in [0.1, 0.15) is 49.7 Å². The smallest absolute Gasteiger partial charge is 0.336 e. The van der Waals surface area contributed by atoms with Crippen LogP contribution in [-0.4, -0.2) is 39.7 Å². The Bertz CT molecular complexity index is 1210. The van der Waals surface area contributed by atoms with Crippen LogP contribution >= 0.6 is 0 Å². The second-order valence-electron chi connectivity index (χ2n) is 8.62. The number of hydrogen-bond donors (Lipinski definition) is 1. The van der Waals surface area contributed by atoms with Crippen molar-refractivity contribution in [2.75, 3.05) is 27.9 Å². The van der Waals surface area contributed by atoms with Crippen molar-refractivity contribution in [1.82, 2.24) is 5.32 Å². The summed E-state index contributed by atoms with van der Waals surface area (Å²) in [5.41, 5.74) is 4.26. The molecule has 184 valence electrons. The van der Waals surface area contributed by atoms with Crippen molar-refractivity contribution < 1.29 is 28.5 Å². The number of allylic oxidation sites excluding steroid dienone is 3. The maximum atomic E-state index is 13.7. The predicted octanol–water partition coefficient (Wildman–Crippen LogP) is 4.64. The molecule has 35 heavy (non-hydrogen) atoms. The van der Waals surface area contributed by atoms with Crippen LogP contribution in [0.25, 0.3) is 0 Å². The molecular formula is C28H31NO6. The molecule has 1 heterocycles. The van der Waals surface area contributed by atoms with E-state index in [1.165, 1.54) is 0 Å². The van der Waals surface area contributed by atoms with E-state index in [1.807, 2.05) is 43.3 Å². The van der Waals surface area contributed by atoms with Crippen LogP contribution in [0.4, 0.5) is 0 Å². The Morgan fingerprint density at radius 1 is 1.00 bits per heavy atom. The summed E-state index contributed by atoms with van der Waals surface area (Å²) >= 11 is 0. The summed E-state index contributed by atoms with van der Waals surface area (Å²) in [6.45, 7) is 3.85. The third-order valence-electron chi connectivity index (χ3n) is 6.64. The number of hydrogen-bond acceptors (Lipinski definition) is 7.